The topological polar surface area (TPSA) is 117 Å². The number of carbonyl (C=O) groups excluding carboxylic acids is 3. The van der Waals surface area contributed by atoms with Gasteiger partial charge in [0.1, 0.15) is 12.4 Å². The van der Waals surface area contributed by atoms with Gasteiger partial charge in [-0.2, -0.15) is 0 Å². The smallest absolute Gasteiger partial charge is 0.277 e. The normalized spacial score (nSPS) is 12.7. The predicted octanol–water partition coefficient (Wildman–Crippen LogP) is 6.08. The van der Waals surface area contributed by atoms with Crippen molar-refractivity contribution in [2.24, 2.45) is 5.73 Å². The molecule has 4 aromatic rings. The molecule has 4 aromatic carbocycles. The molecule has 1 aliphatic heterocycles. The molecule has 5 rings (SSSR count). The quantitative estimate of drug-likeness (QED) is 0.135. The van der Waals surface area contributed by atoms with Crippen LogP contribution in [0.3, 0.4) is 0 Å². The van der Waals surface area contributed by atoms with Gasteiger partial charge in [0.25, 0.3) is 17.7 Å². The zero-order valence-electron chi connectivity index (χ0n) is 28.6. The van der Waals surface area contributed by atoms with Crippen LogP contribution >= 0.6 is 24.8 Å². The summed E-state index contributed by atoms with van der Waals surface area (Å²) in [6.07, 6.45) is 0.672. The number of aryl methyl sites for hydroxylation is 1. The van der Waals surface area contributed by atoms with E-state index < -0.39 is 0 Å². The lowest BCUT2D eigenvalue weighted by molar-refractivity contribution is -0.116. The zero-order valence-corrected chi connectivity index (χ0v) is 30.2. The molecule has 3 N–H and O–H groups in total. The van der Waals surface area contributed by atoms with E-state index in [1.54, 1.807) is 43.4 Å². The van der Waals surface area contributed by atoms with E-state index in [4.69, 9.17) is 15.3 Å². The van der Waals surface area contributed by atoms with Gasteiger partial charge >= 0.3 is 0 Å². The monoisotopic (exact) mass is 721 g/mol. The summed E-state index contributed by atoms with van der Waals surface area (Å²) in [5, 5.41) is 4.15. The number of para-hydroxylation sites is 1. The summed E-state index contributed by atoms with van der Waals surface area (Å²) in [7, 11) is 3.61. The summed E-state index contributed by atoms with van der Waals surface area (Å²) in [5.74, 6) is -0.270. The number of carbonyl (C=O) groups is 3. The minimum atomic E-state index is -0.371. The number of anilines is 1. The van der Waals surface area contributed by atoms with Crippen LogP contribution in [0.15, 0.2) is 91.0 Å². The van der Waals surface area contributed by atoms with Crippen molar-refractivity contribution in [3.8, 4) is 16.9 Å². The lowest BCUT2D eigenvalue weighted by atomic mass is 9.98. The number of hydrogen-bond donors (Lipinski definition) is 2. The van der Waals surface area contributed by atoms with Gasteiger partial charge < -0.3 is 25.6 Å². The summed E-state index contributed by atoms with van der Waals surface area (Å²) in [6.45, 7) is 5.86. The maximum atomic E-state index is 13.8. The third kappa shape index (κ3) is 10.1. The van der Waals surface area contributed by atoms with Crippen LogP contribution in [-0.4, -0.2) is 86.0 Å². The van der Waals surface area contributed by atoms with Crippen LogP contribution in [0, 0.1) is 6.92 Å². The number of likely N-dealkylation sites (N-methyl/N-ethyl adjacent to an activating group) is 1. The van der Waals surface area contributed by atoms with E-state index in [9.17, 15) is 14.4 Å². The maximum absolute atomic E-state index is 13.8. The first kappa shape index (κ1) is 40.0. The molecule has 0 unspecified atom stereocenters. The molecule has 1 fully saturated rings. The van der Waals surface area contributed by atoms with Crippen molar-refractivity contribution in [1.29, 1.82) is 0 Å². The van der Waals surface area contributed by atoms with Gasteiger partial charge in [-0.3, -0.25) is 19.2 Å². The van der Waals surface area contributed by atoms with E-state index in [1.165, 1.54) is 5.06 Å². The van der Waals surface area contributed by atoms with Crippen molar-refractivity contribution >= 4 is 48.2 Å². The van der Waals surface area contributed by atoms with Crippen LogP contribution in [0.2, 0.25) is 0 Å². The summed E-state index contributed by atoms with van der Waals surface area (Å²) < 4.78 is 5.79. The van der Waals surface area contributed by atoms with Crippen molar-refractivity contribution in [3.63, 3.8) is 0 Å². The number of nitrogens with zero attached hydrogens (tertiary/aromatic N) is 3. The molecule has 266 valence electrons. The van der Waals surface area contributed by atoms with E-state index in [0.717, 1.165) is 24.2 Å². The number of halogens is 2. The number of ether oxygens (including phenoxy) is 1. The van der Waals surface area contributed by atoms with E-state index >= 15 is 0 Å². The van der Waals surface area contributed by atoms with Gasteiger partial charge in [0.05, 0.1) is 12.2 Å². The van der Waals surface area contributed by atoms with Gasteiger partial charge in [0, 0.05) is 50.0 Å². The average molecular weight is 723 g/mol. The number of rotatable bonds is 12. The van der Waals surface area contributed by atoms with Crippen molar-refractivity contribution in [1.82, 2.24) is 14.9 Å². The average Bonchev–Trinajstić information content (AvgIpc) is 3.11. The highest BCUT2D eigenvalue weighted by Gasteiger charge is 2.24. The Hall–Kier alpha value is -4.45. The molecular formula is C38H45Cl2N5O5. The van der Waals surface area contributed by atoms with Crippen molar-refractivity contribution in [2.45, 2.75) is 20.0 Å². The SMILES string of the molecule is Cc1ccc(CON(C)C(=O)c2ccc(NC(=O)c3ccccc3OCCCN)cc2-c2ccccc2)c(C(=O)N2CCN(C)CC2)c1.Cl.Cl. The molecule has 0 aromatic heterocycles. The van der Waals surface area contributed by atoms with Crippen molar-refractivity contribution in [2.75, 3.05) is 58.7 Å². The van der Waals surface area contributed by atoms with Gasteiger partial charge in [-0.25, -0.2) is 5.06 Å². The summed E-state index contributed by atoms with van der Waals surface area (Å²) >= 11 is 0. The van der Waals surface area contributed by atoms with Crippen LogP contribution in [0.1, 0.15) is 48.6 Å². The molecule has 0 saturated carbocycles. The van der Waals surface area contributed by atoms with Gasteiger partial charge in [0.2, 0.25) is 0 Å². The molecule has 0 atom stereocenters. The molecule has 50 heavy (non-hydrogen) atoms. The highest BCUT2D eigenvalue weighted by atomic mass is 35.5. The first-order chi connectivity index (χ1) is 23.2. The molecule has 1 aliphatic rings. The Bertz CT molecular complexity index is 1750. The fraction of sp³-hybridized carbons (Fsp3) is 0.289. The molecule has 1 saturated heterocycles. The van der Waals surface area contributed by atoms with Crippen molar-refractivity contribution in [3.05, 3.63) is 119 Å². The number of nitrogens with one attached hydrogen (secondary N) is 1. The van der Waals surface area contributed by atoms with Crippen molar-refractivity contribution < 1.29 is 24.0 Å². The Morgan fingerprint density at radius 1 is 0.840 bits per heavy atom. The summed E-state index contributed by atoms with van der Waals surface area (Å²) in [6, 6.07) is 27.4. The first-order valence-electron chi connectivity index (χ1n) is 16.2. The summed E-state index contributed by atoms with van der Waals surface area (Å²) in [4.78, 5) is 50.7. The minimum Gasteiger partial charge on any atom is -0.493 e. The fourth-order valence-electron chi connectivity index (χ4n) is 5.50. The maximum Gasteiger partial charge on any atom is 0.277 e. The Kier molecular flexibility index (Phi) is 15.3. The minimum absolute atomic E-state index is 0. The lowest BCUT2D eigenvalue weighted by Gasteiger charge is -2.33. The third-order valence-electron chi connectivity index (χ3n) is 8.32. The van der Waals surface area contributed by atoms with E-state index in [1.807, 2.05) is 66.4 Å². The number of amides is 3. The number of hydroxylamine groups is 2. The molecule has 10 nitrogen and oxygen atoms in total. The number of hydrogen-bond acceptors (Lipinski definition) is 7. The number of piperazine rings is 1. The highest BCUT2D eigenvalue weighted by molar-refractivity contribution is 6.07. The van der Waals surface area contributed by atoms with Crippen LogP contribution in [0.25, 0.3) is 11.1 Å². The molecule has 1 heterocycles. The molecular weight excluding hydrogens is 677 g/mol. The van der Waals surface area contributed by atoms with Gasteiger partial charge in [-0.15, -0.1) is 24.8 Å². The Labute approximate surface area is 306 Å². The Morgan fingerprint density at radius 2 is 1.54 bits per heavy atom. The number of nitrogens with two attached hydrogens (primary N) is 1. The van der Waals surface area contributed by atoms with Crippen LogP contribution in [0.4, 0.5) is 5.69 Å². The highest BCUT2D eigenvalue weighted by Crippen LogP contribution is 2.29. The standard InChI is InChI=1S/C38H43N5O5.2ClH/c1-27-14-15-29(34(24-27)38(46)43-21-19-41(2)20-22-43)26-48-42(3)37(45)31-17-16-30(25-33(31)28-10-5-4-6-11-28)40-36(44)32-12-7-8-13-35(32)47-23-9-18-39;;/h4-8,10-17,24-25H,9,18-23,26,39H2,1-3H3,(H,40,44);2*1H. The zero-order chi connectivity index (χ0) is 34.0. The van der Waals surface area contributed by atoms with Gasteiger partial charge in [-0.1, -0.05) is 60.2 Å². The van der Waals surface area contributed by atoms with Crippen LogP contribution in [0.5, 0.6) is 5.75 Å². The third-order valence-corrected chi connectivity index (χ3v) is 8.32. The van der Waals surface area contributed by atoms with Gasteiger partial charge in [0.15, 0.2) is 0 Å². The van der Waals surface area contributed by atoms with Crippen LogP contribution in [-0.2, 0) is 11.4 Å². The largest absolute Gasteiger partial charge is 0.493 e. The second kappa shape index (κ2) is 19.1. The first-order valence-corrected chi connectivity index (χ1v) is 16.2. The lowest BCUT2D eigenvalue weighted by Crippen LogP contribution is -2.47. The molecule has 0 bridgehead atoms. The Balaban J connectivity index is 0.00000338. The molecule has 3 amide bonds. The number of benzene rings is 4. The van der Waals surface area contributed by atoms with Crippen LogP contribution < -0.4 is 15.8 Å². The second-order valence-corrected chi connectivity index (χ2v) is 11.9. The second-order valence-electron chi connectivity index (χ2n) is 11.9. The molecule has 0 radical (unpaired) electrons. The van der Waals surface area contributed by atoms with E-state index in [-0.39, 0.29) is 49.1 Å². The molecule has 12 heteroatoms. The summed E-state index contributed by atoms with van der Waals surface area (Å²) in [5.41, 5.74) is 10.6. The molecule has 0 aliphatic carbocycles. The predicted molar refractivity (Wildman–Crippen MR) is 201 cm³/mol. The fourth-order valence-corrected chi connectivity index (χ4v) is 5.50. The van der Waals surface area contributed by atoms with E-state index in [0.29, 0.717) is 71.9 Å². The van der Waals surface area contributed by atoms with E-state index in [2.05, 4.69) is 17.3 Å². The molecule has 0 spiro atoms. The van der Waals surface area contributed by atoms with Gasteiger partial charge in [-0.05, 0) is 80.0 Å². The Morgan fingerprint density at radius 3 is 2.26 bits per heavy atom.